The largest absolute Gasteiger partial charge is 0.379 e. The average molecular weight is 198 g/mol. The first-order valence-corrected chi connectivity index (χ1v) is 4.76. The van der Waals surface area contributed by atoms with Gasteiger partial charge in [-0.15, -0.1) is 0 Å². The molecule has 0 spiro atoms. The second-order valence-corrected chi connectivity index (χ2v) is 4.25. The highest BCUT2D eigenvalue weighted by Crippen LogP contribution is 2.22. The van der Waals surface area contributed by atoms with Gasteiger partial charge in [-0.05, 0) is 20.3 Å². The zero-order valence-electron chi connectivity index (χ0n) is 8.37. The lowest BCUT2D eigenvalue weighted by atomic mass is 10.1. The van der Waals surface area contributed by atoms with Crippen LogP contribution in [0.1, 0.15) is 20.3 Å². The van der Waals surface area contributed by atoms with E-state index in [1.165, 1.54) is 4.90 Å². The van der Waals surface area contributed by atoms with E-state index < -0.39 is 5.54 Å². The van der Waals surface area contributed by atoms with Crippen molar-refractivity contribution in [2.75, 3.05) is 13.2 Å². The van der Waals surface area contributed by atoms with Gasteiger partial charge in [0.05, 0.1) is 12.6 Å². The van der Waals surface area contributed by atoms with Gasteiger partial charge in [0.1, 0.15) is 5.54 Å². The maximum atomic E-state index is 11.8. The van der Waals surface area contributed by atoms with Crippen LogP contribution < -0.4 is 5.32 Å². The molecule has 5 heteroatoms. The Labute approximate surface area is 82.4 Å². The molecule has 1 atom stereocenters. The minimum atomic E-state index is -0.764. The van der Waals surface area contributed by atoms with E-state index in [2.05, 4.69) is 5.32 Å². The summed E-state index contributed by atoms with van der Waals surface area (Å²) in [5, 5.41) is 2.65. The number of rotatable bonds is 1. The maximum absolute atomic E-state index is 11.8. The van der Waals surface area contributed by atoms with Crippen molar-refractivity contribution in [3.63, 3.8) is 0 Å². The molecule has 2 aliphatic rings. The van der Waals surface area contributed by atoms with Crippen LogP contribution in [0.4, 0.5) is 4.79 Å². The van der Waals surface area contributed by atoms with Crippen LogP contribution in [0.5, 0.6) is 0 Å². The van der Waals surface area contributed by atoms with Crippen LogP contribution >= 0.6 is 0 Å². The highest BCUT2D eigenvalue weighted by molar-refractivity contribution is 6.06. The summed E-state index contributed by atoms with van der Waals surface area (Å²) >= 11 is 0. The standard InChI is InChI=1S/C9H14N2O3/c1-9(2)7(12)11(8(13)10-9)6-3-4-14-5-6/h6H,3-5H2,1-2H3,(H,10,13). The molecule has 0 aromatic rings. The van der Waals surface area contributed by atoms with Gasteiger partial charge in [-0.1, -0.05) is 0 Å². The summed E-state index contributed by atoms with van der Waals surface area (Å²) in [6.07, 6.45) is 0.745. The van der Waals surface area contributed by atoms with Gasteiger partial charge < -0.3 is 10.1 Å². The van der Waals surface area contributed by atoms with Crippen LogP contribution in [0, 0.1) is 0 Å². The molecule has 5 nitrogen and oxygen atoms in total. The summed E-state index contributed by atoms with van der Waals surface area (Å²) in [4.78, 5) is 24.6. The molecule has 3 amide bonds. The van der Waals surface area contributed by atoms with Crippen molar-refractivity contribution in [2.24, 2.45) is 0 Å². The molecule has 2 fully saturated rings. The molecule has 2 aliphatic heterocycles. The van der Waals surface area contributed by atoms with E-state index in [1.54, 1.807) is 13.8 Å². The Balaban J connectivity index is 2.19. The molecule has 0 aliphatic carbocycles. The van der Waals surface area contributed by atoms with Crippen molar-refractivity contribution in [3.8, 4) is 0 Å². The van der Waals surface area contributed by atoms with E-state index in [9.17, 15) is 9.59 Å². The third-order valence-electron chi connectivity index (χ3n) is 2.66. The number of nitrogens with one attached hydrogen (secondary N) is 1. The molecule has 1 unspecified atom stereocenters. The number of nitrogens with zero attached hydrogens (tertiary/aromatic N) is 1. The fourth-order valence-electron chi connectivity index (χ4n) is 1.83. The van der Waals surface area contributed by atoms with Crippen molar-refractivity contribution in [2.45, 2.75) is 31.8 Å². The molecular formula is C9H14N2O3. The predicted molar refractivity (Wildman–Crippen MR) is 48.7 cm³/mol. The highest BCUT2D eigenvalue weighted by Gasteiger charge is 2.47. The second-order valence-electron chi connectivity index (χ2n) is 4.25. The Hall–Kier alpha value is -1.10. The van der Waals surface area contributed by atoms with Crippen LogP contribution in [0.25, 0.3) is 0 Å². The van der Waals surface area contributed by atoms with Gasteiger partial charge in [-0.3, -0.25) is 9.69 Å². The average Bonchev–Trinajstić information content (AvgIpc) is 2.61. The summed E-state index contributed by atoms with van der Waals surface area (Å²) in [7, 11) is 0. The molecular weight excluding hydrogens is 184 g/mol. The number of urea groups is 1. The van der Waals surface area contributed by atoms with E-state index in [-0.39, 0.29) is 18.0 Å². The lowest BCUT2D eigenvalue weighted by molar-refractivity contribution is -0.131. The smallest absolute Gasteiger partial charge is 0.325 e. The Morgan fingerprint density at radius 3 is 2.64 bits per heavy atom. The molecule has 14 heavy (non-hydrogen) atoms. The summed E-state index contributed by atoms with van der Waals surface area (Å²) in [6, 6.07) is -0.375. The maximum Gasteiger partial charge on any atom is 0.325 e. The second kappa shape index (κ2) is 2.95. The van der Waals surface area contributed by atoms with Gasteiger partial charge in [-0.25, -0.2) is 4.79 Å². The van der Waals surface area contributed by atoms with E-state index in [4.69, 9.17) is 4.74 Å². The highest BCUT2D eigenvalue weighted by atomic mass is 16.5. The van der Waals surface area contributed by atoms with Crippen LogP contribution in [-0.4, -0.2) is 41.6 Å². The molecule has 2 saturated heterocycles. The first kappa shape index (κ1) is 9.45. The Morgan fingerprint density at radius 1 is 1.50 bits per heavy atom. The topological polar surface area (TPSA) is 58.6 Å². The minimum absolute atomic E-state index is 0.0794. The molecule has 2 heterocycles. The molecule has 0 aromatic heterocycles. The van der Waals surface area contributed by atoms with Crippen molar-refractivity contribution >= 4 is 11.9 Å². The number of ether oxygens (including phenoxy) is 1. The number of hydrogen-bond acceptors (Lipinski definition) is 3. The fourth-order valence-corrected chi connectivity index (χ4v) is 1.83. The third-order valence-corrected chi connectivity index (χ3v) is 2.66. The molecule has 78 valence electrons. The van der Waals surface area contributed by atoms with Gasteiger partial charge in [0.25, 0.3) is 5.91 Å². The fraction of sp³-hybridized carbons (Fsp3) is 0.778. The number of carbonyl (C=O) groups is 2. The molecule has 0 saturated carbocycles. The Kier molecular flexibility index (Phi) is 1.99. The predicted octanol–water partition coefficient (Wildman–Crippen LogP) is 0.106. The molecule has 0 aromatic carbocycles. The van der Waals surface area contributed by atoms with Crippen molar-refractivity contribution in [3.05, 3.63) is 0 Å². The Morgan fingerprint density at radius 2 is 2.21 bits per heavy atom. The quantitative estimate of drug-likeness (QED) is 0.608. The zero-order chi connectivity index (χ0) is 10.3. The van der Waals surface area contributed by atoms with Crippen LogP contribution in [-0.2, 0) is 9.53 Å². The summed E-state index contributed by atoms with van der Waals surface area (Å²) in [6.45, 7) is 4.52. The summed E-state index contributed by atoms with van der Waals surface area (Å²) in [5.74, 6) is -0.155. The van der Waals surface area contributed by atoms with Crippen molar-refractivity contribution in [1.82, 2.24) is 10.2 Å². The molecule has 0 radical (unpaired) electrons. The van der Waals surface area contributed by atoms with Crippen LogP contribution in [0.15, 0.2) is 0 Å². The van der Waals surface area contributed by atoms with Crippen molar-refractivity contribution < 1.29 is 14.3 Å². The first-order chi connectivity index (χ1) is 6.52. The number of hydrogen-bond donors (Lipinski definition) is 1. The lowest BCUT2D eigenvalue weighted by Gasteiger charge is -2.20. The monoisotopic (exact) mass is 198 g/mol. The van der Waals surface area contributed by atoms with Gasteiger partial charge in [0.15, 0.2) is 0 Å². The summed E-state index contributed by atoms with van der Waals surface area (Å²) in [5.41, 5.74) is -0.764. The van der Waals surface area contributed by atoms with Gasteiger partial charge in [0.2, 0.25) is 0 Å². The van der Waals surface area contributed by atoms with E-state index in [0.717, 1.165) is 6.42 Å². The van der Waals surface area contributed by atoms with E-state index >= 15 is 0 Å². The zero-order valence-corrected chi connectivity index (χ0v) is 8.37. The SMILES string of the molecule is CC1(C)NC(=O)N(C2CCOC2)C1=O. The normalized spacial score (nSPS) is 31.0. The molecule has 0 bridgehead atoms. The van der Waals surface area contributed by atoms with Gasteiger partial charge >= 0.3 is 6.03 Å². The summed E-state index contributed by atoms with van der Waals surface area (Å²) < 4.78 is 5.16. The van der Waals surface area contributed by atoms with Crippen LogP contribution in [0.3, 0.4) is 0 Å². The van der Waals surface area contributed by atoms with Gasteiger partial charge in [-0.2, -0.15) is 0 Å². The van der Waals surface area contributed by atoms with E-state index in [1.807, 2.05) is 0 Å². The Bertz CT molecular complexity index is 282. The number of amides is 3. The molecule has 2 rings (SSSR count). The van der Waals surface area contributed by atoms with Crippen molar-refractivity contribution in [1.29, 1.82) is 0 Å². The minimum Gasteiger partial charge on any atom is -0.379 e. The van der Waals surface area contributed by atoms with Crippen LogP contribution in [0.2, 0.25) is 0 Å². The van der Waals surface area contributed by atoms with E-state index in [0.29, 0.717) is 13.2 Å². The van der Waals surface area contributed by atoms with Gasteiger partial charge in [0, 0.05) is 6.61 Å². The number of imide groups is 1. The molecule has 1 N–H and O–H groups in total. The first-order valence-electron chi connectivity index (χ1n) is 4.76. The number of carbonyl (C=O) groups excluding carboxylic acids is 2. The lowest BCUT2D eigenvalue weighted by Crippen LogP contribution is -2.43. The third kappa shape index (κ3) is 1.28.